The van der Waals surface area contributed by atoms with E-state index in [4.69, 9.17) is 0 Å². The average Bonchev–Trinajstić information content (AvgIpc) is 3.48. The van der Waals surface area contributed by atoms with Crippen molar-refractivity contribution in [3.8, 4) is 0 Å². The van der Waals surface area contributed by atoms with Crippen molar-refractivity contribution in [2.45, 2.75) is 50.6 Å². The lowest BCUT2D eigenvalue weighted by Crippen LogP contribution is -2.36. The summed E-state index contributed by atoms with van der Waals surface area (Å²) in [5.41, 5.74) is 2.77. The van der Waals surface area contributed by atoms with Crippen molar-refractivity contribution in [1.82, 2.24) is 4.31 Å². The van der Waals surface area contributed by atoms with Crippen LogP contribution in [-0.4, -0.2) is 31.2 Å². The Balaban J connectivity index is 1.62. The van der Waals surface area contributed by atoms with Gasteiger partial charge in [0, 0.05) is 30.7 Å². The summed E-state index contributed by atoms with van der Waals surface area (Å²) in [7, 11) is -3.60. The van der Waals surface area contributed by atoms with Gasteiger partial charge in [-0.3, -0.25) is 4.79 Å². The van der Waals surface area contributed by atoms with Crippen LogP contribution in [0.3, 0.4) is 0 Å². The summed E-state index contributed by atoms with van der Waals surface area (Å²) >= 11 is 0. The number of sulfonamides is 1. The first kappa shape index (κ1) is 19.2. The molecule has 1 atom stereocenters. The molecule has 0 saturated heterocycles. The van der Waals surface area contributed by atoms with Crippen LogP contribution in [0.15, 0.2) is 53.4 Å². The van der Waals surface area contributed by atoms with Gasteiger partial charge >= 0.3 is 0 Å². The van der Waals surface area contributed by atoms with Crippen LogP contribution in [0.4, 0.5) is 5.69 Å². The zero-order valence-corrected chi connectivity index (χ0v) is 17.2. The number of hydrogen-bond donors (Lipinski definition) is 0. The Bertz CT molecular complexity index is 984. The Morgan fingerprint density at radius 3 is 2.50 bits per heavy atom. The minimum absolute atomic E-state index is 0.0765. The van der Waals surface area contributed by atoms with Crippen LogP contribution < -0.4 is 4.90 Å². The second kappa shape index (κ2) is 7.33. The highest BCUT2D eigenvalue weighted by atomic mass is 32.2. The van der Waals surface area contributed by atoms with Crippen LogP contribution in [-0.2, 0) is 27.8 Å². The highest BCUT2D eigenvalue weighted by molar-refractivity contribution is 7.89. The Morgan fingerprint density at radius 2 is 1.86 bits per heavy atom. The standard InChI is InChI=1S/C22H26N2O3S/c1-3-23(15-17-7-5-4-6-8-17)28(26,27)20-11-12-21-19(14-20)13-16(2)24(21)22(25)18-9-10-18/h4-8,11-12,14,16,18H,3,9-10,13,15H2,1-2H3/t16-/m0/s1. The molecule has 148 valence electrons. The normalized spacial score (nSPS) is 19.1. The Labute approximate surface area is 167 Å². The largest absolute Gasteiger partial charge is 0.309 e. The molecule has 1 fully saturated rings. The van der Waals surface area contributed by atoms with Crippen LogP contribution in [0, 0.1) is 5.92 Å². The SMILES string of the molecule is CCN(Cc1ccccc1)S(=O)(=O)c1ccc2c(c1)C[C@H](C)N2C(=O)C1CC1. The molecule has 1 saturated carbocycles. The summed E-state index contributed by atoms with van der Waals surface area (Å²) in [6.45, 7) is 4.63. The summed E-state index contributed by atoms with van der Waals surface area (Å²) in [5.74, 6) is 0.333. The second-order valence-corrected chi connectivity index (χ2v) is 9.68. The van der Waals surface area contributed by atoms with Gasteiger partial charge in [-0.25, -0.2) is 8.42 Å². The highest BCUT2D eigenvalue weighted by Gasteiger charge is 2.40. The summed E-state index contributed by atoms with van der Waals surface area (Å²) in [6, 6.07) is 14.9. The van der Waals surface area contributed by atoms with Crippen LogP contribution in [0.2, 0.25) is 0 Å². The maximum absolute atomic E-state index is 13.2. The van der Waals surface area contributed by atoms with E-state index in [0.29, 0.717) is 24.4 Å². The monoisotopic (exact) mass is 398 g/mol. The van der Waals surface area contributed by atoms with E-state index in [1.165, 1.54) is 4.31 Å². The van der Waals surface area contributed by atoms with E-state index in [9.17, 15) is 13.2 Å². The van der Waals surface area contributed by atoms with Crippen molar-refractivity contribution in [3.05, 3.63) is 59.7 Å². The fourth-order valence-electron chi connectivity index (χ4n) is 3.93. The lowest BCUT2D eigenvalue weighted by molar-refractivity contribution is -0.120. The first-order valence-corrected chi connectivity index (χ1v) is 11.4. The molecule has 28 heavy (non-hydrogen) atoms. The van der Waals surface area contributed by atoms with Gasteiger partial charge in [0.15, 0.2) is 0 Å². The highest BCUT2D eigenvalue weighted by Crippen LogP contribution is 2.39. The van der Waals surface area contributed by atoms with Gasteiger partial charge in [-0.1, -0.05) is 37.3 Å². The minimum atomic E-state index is -3.60. The smallest absolute Gasteiger partial charge is 0.243 e. The first-order chi connectivity index (χ1) is 13.4. The molecule has 0 N–H and O–H groups in total. The summed E-state index contributed by atoms with van der Waals surface area (Å²) in [5, 5.41) is 0. The molecule has 2 aromatic carbocycles. The summed E-state index contributed by atoms with van der Waals surface area (Å²) < 4.78 is 28.0. The van der Waals surface area contributed by atoms with Crippen molar-refractivity contribution in [1.29, 1.82) is 0 Å². The van der Waals surface area contributed by atoms with E-state index in [-0.39, 0.29) is 17.9 Å². The minimum Gasteiger partial charge on any atom is -0.309 e. The molecular formula is C22H26N2O3S. The van der Waals surface area contributed by atoms with E-state index in [2.05, 4.69) is 0 Å². The average molecular weight is 399 g/mol. The topological polar surface area (TPSA) is 57.7 Å². The molecule has 0 unspecified atom stereocenters. The number of anilines is 1. The zero-order chi connectivity index (χ0) is 19.9. The van der Waals surface area contributed by atoms with Crippen LogP contribution in [0.1, 0.15) is 37.8 Å². The Kier molecular flexibility index (Phi) is 5.02. The second-order valence-electron chi connectivity index (χ2n) is 7.74. The third-order valence-corrected chi connectivity index (χ3v) is 7.54. The van der Waals surface area contributed by atoms with Gasteiger partial charge in [-0.15, -0.1) is 0 Å². The van der Waals surface area contributed by atoms with Crippen molar-refractivity contribution in [2.24, 2.45) is 5.92 Å². The molecule has 4 rings (SSSR count). The fourth-order valence-corrected chi connectivity index (χ4v) is 5.42. The number of carbonyl (C=O) groups is 1. The number of benzene rings is 2. The molecule has 0 radical (unpaired) electrons. The third kappa shape index (κ3) is 3.47. The molecule has 2 aliphatic rings. The first-order valence-electron chi connectivity index (χ1n) is 9.92. The maximum Gasteiger partial charge on any atom is 0.243 e. The van der Waals surface area contributed by atoms with Gasteiger partial charge in [0.05, 0.1) is 4.90 Å². The fraction of sp³-hybridized carbons (Fsp3) is 0.409. The van der Waals surface area contributed by atoms with Crippen molar-refractivity contribution >= 4 is 21.6 Å². The van der Waals surface area contributed by atoms with Gasteiger partial charge < -0.3 is 4.90 Å². The van der Waals surface area contributed by atoms with E-state index >= 15 is 0 Å². The molecule has 1 aliphatic heterocycles. The van der Waals surface area contributed by atoms with E-state index < -0.39 is 10.0 Å². The van der Waals surface area contributed by atoms with Gasteiger partial charge in [-0.05, 0) is 55.5 Å². The molecule has 2 aromatic rings. The molecule has 1 amide bonds. The molecule has 0 aromatic heterocycles. The zero-order valence-electron chi connectivity index (χ0n) is 16.3. The van der Waals surface area contributed by atoms with Gasteiger partial charge in [0.25, 0.3) is 0 Å². The number of amides is 1. The molecule has 0 spiro atoms. The molecule has 1 heterocycles. The Morgan fingerprint density at radius 1 is 1.14 bits per heavy atom. The maximum atomic E-state index is 13.2. The Hall–Kier alpha value is -2.18. The quantitative estimate of drug-likeness (QED) is 0.747. The van der Waals surface area contributed by atoms with Crippen LogP contribution in [0.25, 0.3) is 0 Å². The lowest BCUT2D eigenvalue weighted by Gasteiger charge is -2.23. The predicted octanol–water partition coefficient (Wildman–Crippen LogP) is 3.59. The molecule has 5 nitrogen and oxygen atoms in total. The number of fused-ring (bicyclic) bond motifs is 1. The molecule has 6 heteroatoms. The molecular weight excluding hydrogens is 372 g/mol. The summed E-state index contributed by atoms with van der Waals surface area (Å²) in [4.78, 5) is 14.8. The lowest BCUT2D eigenvalue weighted by atomic mass is 10.1. The van der Waals surface area contributed by atoms with E-state index in [1.54, 1.807) is 12.1 Å². The van der Waals surface area contributed by atoms with Gasteiger partial charge in [-0.2, -0.15) is 4.31 Å². The van der Waals surface area contributed by atoms with E-state index in [1.807, 2.05) is 55.1 Å². The third-order valence-electron chi connectivity index (χ3n) is 5.62. The van der Waals surface area contributed by atoms with Crippen molar-refractivity contribution < 1.29 is 13.2 Å². The number of hydrogen-bond acceptors (Lipinski definition) is 3. The van der Waals surface area contributed by atoms with Gasteiger partial charge in [0.2, 0.25) is 15.9 Å². The number of rotatable bonds is 6. The molecule has 0 bridgehead atoms. The van der Waals surface area contributed by atoms with Crippen LogP contribution in [0.5, 0.6) is 0 Å². The predicted molar refractivity (Wildman–Crippen MR) is 110 cm³/mol. The van der Waals surface area contributed by atoms with Crippen molar-refractivity contribution in [3.63, 3.8) is 0 Å². The molecule has 1 aliphatic carbocycles. The van der Waals surface area contributed by atoms with Crippen LogP contribution >= 0.6 is 0 Å². The van der Waals surface area contributed by atoms with Crippen molar-refractivity contribution in [2.75, 3.05) is 11.4 Å². The number of nitrogens with zero attached hydrogens (tertiary/aromatic N) is 2. The van der Waals surface area contributed by atoms with Gasteiger partial charge in [0.1, 0.15) is 0 Å². The summed E-state index contributed by atoms with van der Waals surface area (Å²) in [6.07, 6.45) is 2.63. The van der Waals surface area contributed by atoms with E-state index in [0.717, 1.165) is 29.7 Å². The number of carbonyl (C=O) groups excluding carboxylic acids is 1.